The van der Waals surface area contributed by atoms with E-state index in [0.717, 1.165) is 5.56 Å². The number of rotatable bonds is 5. The van der Waals surface area contributed by atoms with Crippen LogP contribution in [0.25, 0.3) is 11.1 Å². The molecule has 5 nitrogen and oxygen atoms in total. The third-order valence-corrected chi connectivity index (χ3v) is 3.25. The summed E-state index contributed by atoms with van der Waals surface area (Å²) in [6.07, 6.45) is 0.675. The number of hydrogen-bond acceptors (Lipinski definition) is 4. The molecule has 1 aromatic heterocycles. The number of carbonyl (C=O) groups is 1. The van der Waals surface area contributed by atoms with Gasteiger partial charge in [-0.15, -0.1) is 0 Å². The molecular weight excluding hydrogens is 285 g/mol. The number of halogens is 1. The van der Waals surface area contributed by atoms with Gasteiger partial charge in [0.1, 0.15) is 11.3 Å². The zero-order chi connectivity index (χ0) is 15.5. The molecule has 22 heavy (non-hydrogen) atoms. The third kappa shape index (κ3) is 3.06. The van der Waals surface area contributed by atoms with Gasteiger partial charge in [-0.25, -0.2) is 4.39 Å². The molecule has 0 spiro atoms. The van der Waals surface area contributed by atoms with Gasteiger partial charge in [0.25, 0.3) is 6.01 Å². The van der Waals surface area contributed by atoms with Crippen molar-refractivity contribution >= 4 is 23.0 Å². The first kappa shape index (κ1) is 14.1. The Morgan fingerprint density at radius 2 is 2.14 bits per heavy atom. The van der Waals surface area contributed by atoms with Crippen molar-refractivity contribution in [3.8, 4) is 0 Å². The highest BCUT2D eigenvalue weighted by atomic mass is 19.1. The summed E-state index contributed by atoms with van der Waals surface area (Å²) in [7, 11) is 0. The molecule has 0 bridgehead atoms. The Balaban J connectivity index is 1.64. The van der Waals surface area contributed by atoms with E-state index in [-0.39, 0.29) is 5.82 Å². The monoisotopic (exact) mass is 299 g/mol. The van der Waals surface area contributed by atoms with Gasteiger partial charge in [0.2, 0.25) is 5.91 Å². The molecule has 0 atom stereocenters. The highest BCUT2D eigenvalue weighted by Crippen LogP contribution is 2.19. The van der Waals surface area contributed by atoms with Crippen molar-refractivity contribution in [1.82, 2.24) is 4.98 Å². The van der Waals surface area contributed by atoms with Crippen LogP contribution in [0.2, 0.25) is 0 Å². The maximum atomic E-state index is 13.1. The van der Waals surface area contributed by atoms with Crippen molar-refractivity contribution in [2.24, 2.45) is 5.73 Å². The number of fused-ring (bicyclic) bond motifs is 1. The molecule has 112 valence electrons. The highest BCUT2D eigenvalue weighted by molar-refractivity contribution is 5.92. The van der Waals surface area contributed by atoms with Gasteiger partial charge >= 0.3 is 0 Å². The molecule has 0 fully saturated rings. The van der Waals surface area contributed by atoms with E-state index in [1.165, 1.54) is 12.1 Å². The number of nitrogens with two attached hydrogens (primary N) is 1. The standard InChI is InChI=1S/C16H14FN3O2/c17-12-4-5-14-13(9-12)20-16(22-14)19-7-6-10-2-1-3-11(8-10)15(18)21/h1-5,8-9H,6-7H2,(H2,18,21)(H,19,20). The summed E-state index contributed by atoms with van der Waals surface area (Å²) in [5, 5.41) is 3.03. The lowest BCUT2D eigenvalue weighted by molar-refractivity contribution is 0.1000. The molecule has 0 aliphatic rings. The Morgan fingerprint density at radius 3 is 2.95 bits per heavy atom. The molecule has 3 aromatic rings. The van der Waals surface area contributed by atoms with Crippen LogP contribution in [0.3, 0.4) is 0 Å². The van der Waals surface area contributed by atoms with E-state index in [0.29, 0.717) is 35.6 Å². The van der Waals surface area contributed by atoms with Gasteiger partial charge < -0.3 is 15.5 Å². The number of nitrogens with one attached hydrogen (secondary N) is 1. The van der Waals surface area contributed by atoms with Gasteiger partial charge in [0, 0.05) is 18.2 Å². The van der Waals surface area contributed by atoms with Gasteiger partial charge in [-0.2, -0.15) is 4.98 Å². The van der Waals surface area contributed by atoms with Crippen molar-refractivity contribution in [2.45, 2.75) is 6.42 Å². The van der Waals surface area contributed by atoms with E-state index in [9.17, 15) is 9.18 Å². The van der Waals surface area contributed by atoms with E-state index in [1.807, 2.05) is 6.07 Å². The number of oxazole rings is 1. The van der Waals surface area contributed by atoms with Crippen LogP contribution >= 0.6 is 0 Å². The van der Waals surface area contributed by atoms with E-state index in [2.05, 4.69) is 10.3 Å². The third-order valence-electron chi connectivity index (χ3n) is 3.25. The normalized spacial score (nSPS) is 10.8. The first-order valence-electron chi connectivity index (χ1n) is 6.80. The average Bonchev–Trinajstić information content (AvgIpc) is 2.89. The van der Waals surface area contributed by atoms with E-state index >= 15 is 0 Å². The van der Waals surface area contributed by atoms with Crippen LogP contribution in [0.4, 0.5) is 10.4 Å². The van der Waals surface area contributed by atoms with Crippen molar-refractivity contribution < 1.29 is 13.6 Å². The summed E-state index contributed by atoms with van der Waals surface area (Å²) >= 11 is 0. The fraction of sp³-hybridized carbons (Fsp3) is 0.125. The maximum absolute atomic E-state index is 13.1. The van der Waals surface area contributed by atoms with Crippen LogP contribution in [-0.2, 0) is 6.42 Å². The van der Waals surface area contributed by atoms with Crippen LogP contribution in [0.15, 0.2) is 46.9 Å². The molecule has 0 radical (unpaired) electrons. The van der Waals surface area contributed by atoms with Gasteiger partial charge in [-0.3, -0.25) is 4.79 Å². The van der Waals surface area contributed by atoms with Crippen molar-refractivity contribution in [2.75, 3.05) is 11.9 Å². The molecule has 6 heteroatoms. The number of benzene rings is 2. The van der Waals surface area contributed by atoms with Gasteiger partial charge in [-0.05, 0) is 36.2 Å². The lowest BCUT2D eigenvalue weighted by Crippen LogP contribution is -2.11. The lowest BCUT2D eigenvalue weighted by atomic mass is 10.1. The number of carbonyl (C=O) groups excluding carboxylic acids is 1. The molecule has 0 saturated heterocycles. The Morgan fingerprint density at radius 1 is 1.27 bits per heavy atom. The first-order valence-corrected chi connectivity index (χ1v) is 6.80. The van der Waals surface area contributed by atoms with Gasteiger partial charge in [0.05, 0.1) is 0 Å². The molecule has 1 amide bonds. The highest BCUT2D eigenvalue weighted by Gasteiger charge is 2.06. The lowest BCUT2D eigenvalue weighted by Gasteiger charge is -2.03. The Hall–Kier alpha value is -2.89. The predicted octanol–water partition coefficient (Wildman–Crippen LogP) is 2.72. The number of hydrogen-bond donors (Lipinski definition) is 2. The van der Waals surface area contributed by atoms with Crippen molar-refractivity contribution in [1.29, 1.82) is 0 Å². The molecule has 0 unspecified atom stereocenters. The molecular formula is C16H14FN3O2. The Bertz CT molecular complexity index is 829. The molecule has 0 saturated carbocycles. The largest absolute Gasteiger partial charge is 0.424 e. The number of nitrogens with zero attached hydrogens (tertiary/aromatic N) is 1. The summed E-state index contributed by atoms with van der Waals surface area (Å²) < 4.78 is 18.5. The van der Waals surface area contributed by atoms with Crippen LogP contribution in [0.5, 0.6) is 0 Å². The number of primary amides is 1. The smallest absolute Gasteiger partial charge is 0.295 e. The fourth-order valence-electron chi connectivity index (χ4n) is 2.17. The quantitative estimate of drug-likeness (QED) is 0.759. The molecule has 3 N–H and O–H groups in total. The predicted molar refractivity (Wildman–Crippen MR) is 81.1 cm³/mol. The minimum atomic E-state index is -0.448. The van der Waals surface area contributed by atoms with Crippen LogP contribution in [0.1, 0.15) is 15.9 Å². The minimum Gasteiger partial charge on any atom is -0.424 e. The van der Waals surface area contributed by atoms with Crippen LogP contribution in [-0.4, -0.2) is 17.4 Å². The fourth-order valence-corrected chi connectivity index (χ4v) is 2.17. The number of anilines is 1. The summed E-state index contributed by atoms with van der Waals surface area (Å²) in [4.78, 5) is 15.3. The summed E-state index contributed by atoms with van der Waals surface area (Å²) in [6.45, 7) is 0.567. The van der Waals surface area contributed by atoms with E-state index in [4.69, 9.17) is 10.2 Å². The van der Waals surface area contributed by atoms with Crippen molar-refractivity contribution in [3.05, 3.63) is 59.4 Å². The maximum Gasteiger partial charge on any atom is 0.295 e. The summed E-state index contributed by atoms with van der Waals surface area (Å²) in [5.74, 6) is -0.800. The molecule has 0 aliphatic carbocycles. The van der Waals surface area contributed by atoms with Gasteiger partial charge in [-0.1, -0.05) is 12.1 Å². The summed E-state index contributed by atoms with van der Waals surface area (Å²) in [5.41, 5.74) is 7.70. The summed E-state index contributed by atoms with van der Waals surface area (Å²) in [6, 6.07) is 11.7. The zero-order valence-electron chi connectivity index (χ0n) is 11.7. The Kier molecular flexibility index (Phi) is 3.74. The Labute approximate surface area is 125 Å². The second-order valence-electron chi connectivity index (χ2n) is 4.87. The topological polar surface area (TPSA) is 81.2 Å². The molecule has 0 aliphatic heterocycles. The molecule has 3 rings (SSSR count). The average molecular weight is 299 g/mol. The first-order chi connectivity index (χ1) is 10.6. The van der Waals surface area contributed by atoms with Crippen molar-refractivity contribution in [3.63, 3.8) is 0 Å². The van der Waals surface area contributed by atoms with Crippen LogP contribution in [0, 0.1) is 5.82 Å². The van der Waals surface area contributed by atoms with E-state index in [1.54, 1.807) is 24.3 Å². The number of amides is 1. The van der Waals surface area contributed by atoms with Gasteiger partial charge in [0.15, 0.2) is 5.58 Å². The molecule has 1 heterocycles. The van der Waals surface area contributed by atoms with Crippen LogP contribution < -0.4 is 11.1 Å². The molecule has 2 aromatic carbocycles. The SMILES string of the molecule is NC(=O)c1cccc(CCNc2nc3cc(F)ccc3o2)c1. The number of aromatic nitrogens is 1. The second kappa shape index (κ2) is 5.85. The van der Waals surface area contributed by atoms with E-state index < -0.39 is 5.91 Å². The minimum absolute atomic E-state index is 0.339. The zero-order valence-corrected chi connectivity index (χ0v) is 11.7. The second-order valence-corrected chi connectivity index (χ2v) is 4.87.